The lowest BCUT2D eigenvalue weighted by molar-refractivity contribution is 0.0688. The van der Waals surface area contributed by atoms with Crippen molar-refractivity contribution in [1.82, 2.24) is 24.6 Å². The molecule has 4 aromatic rings. The molecule has 1 aliphatic heterocycles. The fourth-order valence-electron chi connectivity index (χ4n) is 5.17. The molecule has 0 aliphatic carbocycles. The molecular formula is C31H31F2N7O4. The van der Waals surface area contributed by atoms with E-state index in [4.69, 9.17) is 15.1 Å². The summed E-state index contributed by atoms with van der Waals surface area (Å²) in [5.74, 6) is -2.23. The molecule has 3 N–H and O–H groups in total. The number of hydrogen-bond donors (Lipinski definition) is 3. The van der Waals surface area contributed by atoms with Gasteiger partial charge in [0.25, 0.3) is 5.91 Å². The number of piperidine rings is 1. The summed E-state index contributed by atoms with van der Waals surface area (Å²) in [7, 11) is 0. The quantitative estimate of drug-likeness (QED) is 0.239. The highest BCUT2D eigenvalue weighted by atomic mass is 19.2. The number of carbonyl (C=O) groups is 2. The molecule has 0 spiro atoms. The molecule has 2 amide bonds. The van der Waals surface area contributed by atoms with Crippen molar-refractivity contribution >= 4 is 29.2 Å². The van der Waals surface area contributed by atoms with Crippen molar-refractivity contribution in [2.75, 3.05) is 25.0 Å². The number of nitriles is 1. The molecule has 3 heterocycles. The highest BCUT2D eigenvalue weighted by Crippen LogP contribution is 2.33. The van der Waals surface area contributed by atoms with Gasteiger partial charge in [-0.15, -0.1) is 0 Å². The predicted octanol–water partition coefficient (Wildman–Crippen LogP) is 5.53. The lowest BCUT2D eigenvalue weighted by Gasteiger charge is -2.32. The Kier molecular flexibility index (Phi) is 8.35. The second kappa shape index (κ2) is 12.2. The van der Waals surface area contributed by atoms with Crippen molar-refractivity contribution in [1.29, 1.82) is 5.26 Å². The summed E-state index contributed by atoms with van der Waals surface area (Å²) in [6, 6.07) is 9.85. The van der Waals surface area contributed by atoms with Gasteiger partial charge in [0, 0.05) is 48.8 Å². The first kappa shape index (κ1) is 30.2. The predicted molar refractivity (Wildman–Crippen MR) is 158 cm³/mol. The van der Waals surface area contributed by atoms with Crippen LogP contribution in [0.3, 0.4) is 0 Å². The minimum Gasteiger partial charge on any atom is -0.470 e. The molecule has 2 aromatic carbocycles. The number of aromatic nitrogens is 3. The molecule has 1 aliphatic rings. The number of fused-ring (bicyclic) bond motifs is 1. The van der Waals surface area contributed by atoms with Crippen LogP contribution in [0.2, 0.25) is 0 Å². The van der Waals surface area contributed by atoms with Crippen LogP contribution in [-0.4, -0.2) is 61.6 Å². The smallest absolute Gasteiger partial charge is 0.404 e. The number of hydrogen-bond acceptors (Lipinski definition) is 7. The standard InChI is InChI=1S/C31H31F2N7O4/c1-18-14-20(4-5-21(18)29(41)39-11-8-19(9-12-39)15-37-30(42)43)38-27-28-36-16-23(40(28)13-10-35-27)22-6-7-24(26(33)25(22)32)44-31(2,3)17-34/h4-7,10,13-14,16,19,37H,8-9,11-12,15H2,1-3H3,(H,35,38)(H,42,43). The summed E-state index contributed by atoms with van der Waals surface area (Å²) in [5.41, 5.74) is 1.24. The maximum Gasteiger partial charge on any atom is 0.404 e. The average molecular weight is 604 g/mol. The molecule has 0 radical (unpaired) electrons. The summed E-state index contributed by atoms with van der Waals surface area (Å²) in [6.45, 7) is 6.22. The van der Waals surface area contributed by atoms with Gasteiger partial charge in [0.05, 0.1) is 11.9 Å². The van der Waals surface area contributed by atoms with Crippen LogP contribution in [0.4, 0.5) is 25.1 Å². The lowest BCUT2D eigenvalue weighted by atomic mass is 9.96. The molecule has 228 valence electrons. The zero-order chi connectivity index (χ0) is 31.6. The largest absolute Gasteiger partial charge is 0.470 e. The zero-order valence-electron chi connectivity index (χ0n) is 24.4. The van der Waals surface area contributed by atoms with Crippen LogP contribution in [0.25, 0.3) is 16.9 Å². The first-order valence-corrected chi connectivity index (χ1v) is 14.0. The van der Waals surface area contributed by atoms with Crippen molar-refractivity contribution in [3.05, 3.63) is 71.7 Å². The van der Waals surface area contributed by atoms with Gasteiger partial charge in [0.1, 0.15) is 6.07 Å². The summed E-state index contributed by atoms with van der Waals surface area (Å²) in [4.78, 5) is 34.5. The summed E-state index contributed by atoms with van der Waals surface area (Å²) in [5, 5.41) is 23.6. The Morgan fingerprint density at radius 3 is 2.59 bits per heavy atom. The number of amides is 2. The van der Waals surface area contributed by atoms with E-state index < -0.39 is 23.3 Å². The van der Waals surface area contributed by atoms with E-state index in [-0.39, 0.29) is 28.8 Å². The SMILES string of the molecule is Cc1cc(Nc2nccn3c(-c4ccc(OC(C)(C)C#N)c(F)c4F)cnc23)ccc1C(=O)N1CCC(CNC(=O)O)CC1. The zero-order valence-corrected chi connectivity index (χ0v) is 24.4. The van der Waals surface area contributed by atoms with Gasteiger partial charge in [0.2, 0.25) is 5.82 Å². The van der Waals surface area contributed by atoms with Gasteiger partial charge in [-0.25, -0.2) is 19.2 Å². The van der Waals surface area contributed by atoms with E-state index in [1.165, 1.54) is 38.4 Å². The van der Waals surface area contributed by atoms with Gasteiger partial charge < -0.3 is 25.4 Å². The number of likely N-dealkylation sites (tertiary alicyclic amines) is 1. The Balaban J connectivity index is 1.32. The molecule has 1 saturated heterocycles. The van der Waals surface area contributed by atoms with Crippen LogP contribution in [0.15, 0.2) is 48.9 Å². The Labute approximate surface area is 252 Å². The van der Waals surface area contributed by atoms with Gasteiger partial charge >= 0.3 is 6.09 Å². The number of aryl methyl sites for hydroxylation is 1. The molecule has 1 fully saturated rings. The van der Waals surface area contributed by atoms with Crippen LogP contribution in [0.5, 0.6) is 5.75 Å². The normalized spacial score (nSPS) is 13.9. The Hall–Kier alpha value is -5.25. The second-order valence-electron chi connectivity index (χ2n) is 11.2. The number of carboxylic acid groups (broad SMARTS) is 1. The van der Waals surface area contributed by atoms with E-state index in [1.54, 1.807) is 27.6 Å². The van der Waals surface area contributed by atoms with Crippen molar-refractivity contribution in [3.63, 3.8) is 0 Å². The minimum absolute atomic E-state index is 0.0462. The number of ether oxygens (including phenoxy) is 1. The molecule has 2 aromatic heterocycles. The topological polar surface area (TPSA) is 145 Å². The maximum absolute atomic E-state index is 15.2. The molecule has 5 rings (SSSR count). The fraction of sp³-hybridized carbons (Fsp3) is 0.323. The molecule has 11 nitrogen and oxygen atoms in total. The van der Waals surface area contributed by atoms with Crippen LogP contribution in [-0.2, 0) is 0 Å². The van der Waals surface area contributed by atoms with Gasteiger partial charge in [-0.2, -0.15) is 9.65 Å². The average Bonchev–Trinajstić information content (AvgIpc) is 3.43. The van der Waals surface area contributed by atoms with Gasteiger partial charge in [-0.1, -0.05) is 0 Å². The number of anilines is 2. The third kappa shape index (κ3) is 6.24. The van der Waals surface area contributed by atoms with E-state index in [2.05, 4.69) is 20.6 Å². The molecule has 0 saturated carbocycles. The summed E-state index contributed by atoms with van der Waals surface area (Å²) < 4.78 is 37.0. The van der Waals surface area contributed by atoms with E-state index >= 15 is 4.39 Å². The van der Waals surface area contributed by atoms with Crippen LogP contribution < -0.4 is 15.4 Å². The third-order valence-electron chi connectivity index (χ3n) is 7.55. The summed E-state index contributed by atoms with van der Waals surface area (Å²) >= 11 is 0. The highest BCUT2D eigenvalue weighted by Gasteiger charge is 2.26. The van der Waals surface area contributed by atoms with E-state index in [0.29, 0.717) is 42.4 Å². The van der Waals surface area contributed by atoms with Gasteiger partial charge in [-0.05, 0) is 75.4 Å². The van der Waals surface area contributed by atoms with Crippen LogP contribution in [0, 0.1) is 35.8 Å². The number of nitrogens with one attached hydrogen (secondary N) is 2. The molecule has 44 heavy (non-hydrogen) atoms. The van der Waals surface area contributed by atoms with Gasteiger partial charge in [0.15, 0.2) is 28.6 Å². The van der Waals surface area contributed by atoms with E-state index in [0.717, 1.165) is 18.4 Å². The highest BCUT2D eigenvalue weighted by molar-refractivity contribution is 5.96. The molecular weight excluding hydrogens is 572 g/mol. The summed E-state index contributed by atoms with van der Waals surface area (Å²) in [6.07, 6.45) is 4.89. The molecule has 0 bridgehead atoms. The van der Waals surface area contributed by atoms with Crippen LogP contribution >= 0.6 is 0 Å². The number of nitrogens with zero attached hydrogens (tertiary/aromatic N) is 5. The first-order chi connectivity index (χ1) is 21.0. The third-order valence-corrected chi connectivity index (χ3v) is 7.55. The number of benzene rings is 2. The van der Waals surface area contributed by atoms with Crippen molar-refractivity contribution < 1.29 is 28.2 Å². The Morgan fingerprint density at radius 1 is 1.16 bits per heavy atom. The minimum atomic E-state index is -1.34. The number of carbonyl (C=O) groups excluding carboxylic acids is 1. The van der Waals surface area contributed by atoms with E-state index in [9.17, 15) is 14.0 Å². The second-order valence-corrected chi connectivity index (χ2v) is 11.2. The van der Waals surface area contributed by atoms with Gasteiger partial charge in [-0.3, -0.25) is 9.20 Å². The molecule has 0 unspecified atom stereocenters. The first-order valence-electron chi connectivity index (χ1n) is 14.0. The van der Waals surface area contributed by atoms with Crippen molar-refractivity contribution in [2.45, 2.75) is 39.2 Å². The maximum atomic E-state index is 15.2. The van der Waals surface area contributed by atoms with Crippen molar-refractivity contribution in [2.24, 2.45) is 5.92 Å². The van der Waals surface area contributed by atoms with E-state index in [1.807, 2.05) is 19.1 Å². The number of imidazole rings is 1. The lowest BCUT2D eigenvalue weighted by Crippen LogP contribution is -2.41. The monoisotopic (exact) mass is 603 g/mol. The number of halogens is 2. The van der Waals surface area contributed by atoms with Crippen LogP contribution in [0.1, 0.15) is 42.6 Å². The molecule has 13 heteroatoms. The fourth-order valence-corrected chi connectivity index (χ4v) is 5.17. The Bertz CT molecular complexity index is 1770. The molecule has 0 atom stereocenters. The Morgan fingerprint density at radius 2 is 1.91 bits per heavy atom. The van der Waals surface area contributed by atoms with Crippen molar-refractivity contribution in [3.8, 4) is 23.1 Å². The number of rotatable bonds is 8.